The first-order chi connectivity index (χ1) is 10.1. The molecule has 1 heterocycles. The van der Waals surface area contributed by atoms with Crippen molar-refractivity contribution in [1.29, 1.82) is 0 Å². The first-order valence-corrected chi connectivity index (χ1v) is 8.76. The number of aryl methyl sites for hydroxylation is 1. The molecule has 1 aliphatic carbocycles. The molecule has 1 fully saturated rings. The topological polar surface area (TPSA) is 37.8 Å². The Morgan fingerprint density at radius 1 is 1.24 bits per heavy atom. The van der Waals surface area contributed by atoms with Crippen LogP contribution in [0.2, 0.25) is 0 Å². The van der Waals surface area contributed by atoms with Crippen molar-refractivity contribution in [3.63, 3.8) is 0 Å². The largest absolute Gasteiger partial charge is 0.369 e. The molecule has 110 valence electrons. The average molecular weight is 411 g/mol. The fourth-order valence-electron chi connectivity index (χ4n) is 2.29. The van der Waals surface area contributed by atoms with Crippen LogP contribution in [0, 0.1) is 6.92 Å². The van der Waals surface area contributed by atoms with Crippen LogP contribution >= 0.6 is 31.9 Å². The van der Waals surface area contributed by atoms with Gasteiger partial charge in [0.25, 0.3) is 0 Å². The molecule has 2 aromatic rings. The minimum Gasteiger partial charge on any atom is -0.369 e. The summed E-state index contributed by atoms with van der Waals surface area (Å²) in [6.45, 7) is 5.01. The second-order valence-electron chi connectivity index (χ2n) is 5.36. The minimum absolute atomic E-state index is 0.579. The lowest BCUT2D eigenvalue weighted by Crippen LogP contribution is -2.05. The van der Waals surface area contributed by atoms with Gasteiger partial charge < -0.3 is 5.32 Å². The molecule has 1 aliphatic rings. The third-order valence-corrected chi connectivity index (χ3v) is 5.27. The molecule has 1 N–H and O–H groups in total. The zero-order valence-electron chi connectivity index (χ0n) is 12.1. The van der Waals surface area contributed by atoms with Crippen LogP contribution in [0.15, 0.2) is 27.1 Å². The van der Waals surface area contributed by atoms with Crippen molar-refractivity contribution in [1.82, 2.24) is 9.97 Å². The van der Waals surface area contributed by atoms with Gasteiger partial charge in [-0.1, -0.05) is 22.0 Å². The zero-order valence-corrected chi connectivity index (χ0v) is 15.3. The molecule has 0 spiro atoms. The number of halogens is 2. The number of rotatable bonds is 4. The van der Waals surface area contributed by atoms with Crippen LogP contribution in [0.3, 0.4) is 0 Å². The van der Waals surface area contributed by atoms with Gasteiger partial charge in [0.2, 0.25) is 0 Å². The Labute approximate surface area is 141 Å². The van der Waals surface area contributed by atoms with Gasteiger partial charge in [-0.15, -0.1) is 0 Å². The second-order valence-corrected chi connectivity index (χ2v) is 7.01. The Balaban J connectivity index is 2.10. The minimum atomic E-state index is 0.579. The van der Waals surface area contributed by atoms with E-state index in [0.717, 1.165) is 38.4 Å². The van der Waals surface area contributed by atoms with Crippen LogP contribution in [0.4, 0.5) is 5.82 Å². The number of anilines is 1. The molecule has 0 aliphatic heterocycles. The number of benzene rings is 1. The number of aromatic nitrogens is 2. The molecule has 1 aromatic carbocycles. The van der Waals surface area contributed by atoms with E-state index in [2.05, 4.69) is 74.2 Å². The Morgan fingerprint density at radius 3 is 2.62 bits per heavy atom. The van der Waals surface area contributed by atoms with Gasteiger partial charge in [0.1, 0.15) is 5.82 Å². The summed E-state index contributed by atoms with van der Waals surface area (Å²) in [4.78, 5) is 9.49. The lowest BCUT2D eigenvalue weighted by atomic mass is 10.1. The van der Waals surface area contributed by atoms with Gasteiger partial charge in [-0.2, -0.15) is 0 Å². The highest BCUT2D eigenvalue weighted by molar-refractivity contribution is 9.11. The summed E-state index contributed by atoms with van der Waals surface area (Å²) in [6.07, 6.45) is 2.44. The van der Waals surface area contributed by atoms with E-state index in [-0.39, 0.29) is 0 Å². The summed E-state index contributed by atoms with van der Waals surface area (Å²) < 4.78 is 2.13. The second kappa shape index (κ2) is 6.05. The number of nitrogens with one attached hydrogen (secondary N) is 1. The third kappa shape index (κ3) is 3.14. The molecule has 0 saturated heterocycles. The van der Waals surface area contributed by atoms with E-state index in [1.54, 1.807) is 0 Å². The summed E-state index contributed by atoms with van der Waals surface area (Å²) >= 11 is 7.20. The molecule has 0 bridgehead atoms. The molecular weight excluding hydrogens is 394 g/mol. The fourth-order valence-corrected chi connectivity index (χ4v) is 3.18. The standard InChI is InChI=1S/C16H17Br2N3/c1-3-19-16-13(18)14(10-4-5-10)20-15(21-16)11-6-7-12(17)9(2)8-11/h6-8,10H,3-5H2,1-2H3,(H,19,20,21). The predicted octanol–water partition coefficient (Wildman–Crippen LogP) is 5.29. The molecule has 0 amide bonds. The lowest BCUT2D eigenvalue weighted by molar-refractivity contribution is 0.973. The molecule has 21 heavy (non-hydrogen) atoms. The van der Waals surface area contributed by atoms with Gasteiger partial charge >= 0.3 is 0 Å². The Morgan fingerprint density at radius 2 is 2.00 bits per heavy atom. The monoisotopic (exact) mass is 409 g/mol. The molecular formula is C16H17Br2N3. The Hall–Kier alpha value is -0.940. The average Bonchev–Trinajstić information content (AvgIpc) is 3.29. The fraction of sp³-hybridized carbons (Fsp3) is 0.375. The normalized spacial score (nSPS) is 14.3. The number of hydrogen-bond acceptors (Lipinski definition) is 3. The van der Waals surface area contributed by atoms with Gasteiger partial charge in [-0.05, 0) is 60.3 Å². The Kier molecular flexibility index (Phi) is 4.31. The van der Waals surface area contributed by atoms with Gasteiger partial charge in [-0.25, -0.2) is 9.97 Å². The van der Waals surface area contributed by atoms with Gasteiger partial charge in [0, 0.05) is 22.5 Å². The van der Waals surface area contributed by atoms with Crippen LogP contribution in [0.5, 0.6) is 0 Å². The number of hydrogen-bond donors (Lipinski definition) is 1. The molecule has 1 aromatic heterocycles. The maximum atomic E-state index is 4.80. The molecule has 1 saturated carbocycles. The summed E-state index contributed by atoms with van der Waals surface area (Å²) in [5.41, 5.74) is 3.39. The zero-order chi connectivity index (χ0) is 15.0. The molecule has 0 radical (unpaired) electrons. The molecule has 3 rings (SSSR count). The van der Waals surface area contributed by atoms with Gasteiger partial charge in [0.05, 0.1) is 10.2 Å². The molecule has 0 atom stereocenters. The van der Waals surface area contributed by atoms with E-state index in [4.69, 9.17) is 4.98 Å². The van der Waals surface area contributed by atoms with Gasteiger partial charge in [-0.3, -0.25) is 0 Å². The van der Waals surface area contributed by atoms with Crippen LogP contribution in [-0.4, -0.2) is 16.5 Å². The number of nitrogens with zero attached hydrogens (tertiary/aromatic N) is 2. The van der Waals surface area contributed by atoms with Crippen molar-refractivity contribution in [2.75, 3.05) is 11.9 Å². The maximum absolute atomic E-state index is 4.80. The first-order valence-electron chi connectivity index (χ1n) is 7.18. The predicted molar refractivity (Wildman–Crippen MR) is 93.7 cm³/mol. The summed E-state index contributed by atoms with van der Waals surface area (Å²) in [6, 6.07) is 6.24. The first kappa shape index (κ1) is 15.0. The molecule has 0 unspecified atom stereocenters. The van der Waals surface area contributed by atoms with Crippen LogP contribution in [-0.2, 0) is 0 Å². The van der Waals surface area contributed by atoms with Crippen LogP contribution in [0.1, 0.15) is 36.9 Å². The quantitative estimate of drug-likeness (QED) is 0.744. The highest BCUT2D eigenvalue weighted by atomic mass is 79.9. The van der Waals surface area contributed by atoms with Crippen molar-refractivity contribution in [3.05, 3.63) is 38.4 Å². The van der Waals surface area contributed by atoms with E-state index < -0.39 is 0 Å². The van der Waals surface area contributed by atoms with E-state index in [1.165, 1.54) is 18.4 Å². The Bertz CT molecular complexity index is 681. The van der Waals surface area contributed by atoms with Crippen molar-refractivity contribution in [2.45, 2.75) is 32.6 Å². The lowest BCUT2D eigenvalue weighted by Gasteiger charge is -2.12. The van der Waals surface area contributed by atoms with Crippen molar-refractivity contribution in [3.8, 4) is 11.4 Å². The summed E-state index contributed by atoms with van der Waals surface area (Å²) in [5, 5.41) is 3.33. The van der Waals surface area contributed by atoms with E-state index >= 15 is 0 Å². The molecule has 5 heteroatoms. The SMILES string of the molecule is CCNc1nc(-c2ccc(Br)c(C)c2)nc(C2CC2)c1Br. The van der Waals surface area contributed by atoms with E-state index in [1.807, 2.05) is 0 Å². The third-order valence-electron chi connectivity index (χ3n) is 3.60. The van der Waals surface area contributed by atoms with E-state index in [9.17, 15) is 0 Å². The van der Waals surface area contributed by atoms with E-state index in [0.29, 0.717) is 5.92 Å². The van der Waals surface area contributed by atoms with Crippen LogP contribution in [0.25, 0.3) is 11.4 Å². The molecule has 3 nitrogen and oxygen atoms in total. The van der Waals surface area contributed by atoms with Gasteiger partial charge in [0.15, 0.2) is 5.82 Å². The summed E-state index contributed by atoms with van der Waals surface area (Å²) in [7, 11) is 0. The highest BCUT2D eigenvalue weighted by Gasteiger charge is 2.29. The maximum Gasteiger partial charge on any atom is 0.161 e. The van der Waals surface area contributed by atoms with Crippen molar-refractivity contribution >= 4 is 37.7 Å². The summed E-state index contributed by atoms with van der Waals surface area (Å²) in [5.74, 6) is 2.27. The van der Waals surface area contributed by atoms with Crippen molar-refractivity contribution < 1.29 is 0 Å². The van der Waals surface area contributed by atoms with Crippen molar-refractivity contribution in [2.24, 2.45) is 0 Å². The highest BCUT2D eigenvalue weighted by Crippen LogP contribution is 2.44. The van der Waals surface area contributed by atoms with Crippen LogP contribution < -0.4 is 5.32 Å². The smallest absolute Gasteiger partial charge is 0.161 e.